The zero-order valence-corrected chi connectivity index (χ0v) is 17.3. The van der Waals surface area contributed by atoms with E-state index in [1.54, 1.807) is 0 Å². The lowest BCUT2D eigenvalue weighted by molar-refractivity contribution is -0.118. The minimum atomic E-state index is -0.237. The smallest absolute Gasteiger partial charge is 0.262 e. The number of carbonyl (C=O) groups is 1. The molecule has 0 radical (unpaired) electrons. The number of pyridine rings is 1. The topological polar surface area (TPSA) is 55.6 Å². The van der Waals surface area contributed by atoms with Gasteiger partial charge in [-0.05, 0) is 35.4 Å². The van der Waals surface area contributed by atoms with Gasteiger partial charge in [0.1, 0.15) is 5.75 Å². The van der Waals surface area contributed by atoms with Crippen molar-refractivity contribution >= 4 is 17.2 Å². The predicted molar refractivity (Wildman–Crippen MR) is 127 cm³/mol. The molecule has 5 heteroatoms. The molecule has 156 valence electrons. The van der Waals surface area contributed by atoms with Crippen LogP contribution in [0.1, 0.15) is 0 Å². The third kappa shape index (κ3) is 4.23. The normalized spacial score (nSPS) is 10.8. The van der Waals surface area contributed by atoms with Crippen LogP contribution in [-0.4, -0.2) is 21.9 Å². The number of nitrogens with zero attached hydrogens (tertiary/aromatic N) is 2. The molecule has 0 bridgehead atoms. The van der Waals surface area contributed by atoms with Crippen molar-refractivity contribution in [3.63, 3.8) is 0 Å². The number of rotatable bonds is 6. The molecule has 3 aromatic carbocycles. The first-order valence-corrected chi connectivity index (χ1v) is 10.4. The molecule has 5 aromatic rings. The Kier molecular flexibility index (Phi) is 5.37. The van der Waals surface area contributed by atoms with Crippen molar-refractivity contribution in [3.8, 4) is 28.1 Å². The highest BCUT2D eigenvalue weighted by atomic mass is 16.5. The number of hydrogen-bond acceptors (Lipinski definition) is 3. The molecular weight excluding hydrogens is 398 g/mol. The number of imidazole rings is 1. The third-order valence-electron chi connectivity index (χ3n) is 5.16. The lowest BCUT2D eigenvalue weighted by Crippen LogP contribution is -2.20. The van der Waals surface area contributed by atoms with Gasteiger partial charge in [-0.3, -0.25) is 4.79 Å². The Morgan fingerprint density at radius 3 is 2.19 bits per heavy atom. The van der Waals surface area contributed by atoms with Gasteiger partial charge in [-0.2, -0.15) is 0 Å². The molecule has 0 saturated carbocycles. The van der Waals surface area contributed by atoms with Crippen LogP contribution in [0.4, 0.5) is 5.69 Å². The maximum Gasteiger partial charge on any atom is 0.262 e. The summed E-state index contributed by atoms with van der Waals surface area (Å²) in [6.45, 7) is -0.0699. The Balaban J connectivity index is 1.34. The molecule has 5 rings (SSSR count). The first-order valence-electron chi connectivity index (χ1n) is 10.4. The number of ether oxygens (including phenoxy) is 1. The lowest BCUT2D eigenvalue weighted by atomic mass is 10.0. The average molecular weight is 419 g/mol. The second kappa shape index (κ2) is 8.78. The minimum Gasteiger partial charge on any atom is -0.484 e. The van der Waals surface area contributed by atoms with Gasteiger partial charge in [0, 0.05) is 18.0 Å². The van der Waals surface area contributed by atoms with E-state index in [0.717, 1.165) is 16.8 Å². The van der Waals surface area contributed by atoms with Gasteiger partial charge in [0.2, 0.25) is 0 Å². The largest absolute Gasteiger partial charge is 0.484 e. The molecule has 0 spiro atoms. The third-order valence-corrected chi connectivity index (χ3v) is 5.16. The number of benzene rings is 3. The Morgan fingerprint density at radius 2 is 1.44 bits per heavy atom. The van der Waals surface area contributed by atoms with Crippen LogP contribution in [0.2, 0.25) is 0 Å². The van der Waals surface area contributed by atoms with Gasteiger partial charge in [0.25, 0.3) is 5.91 Å². The number of carbonyl (C=O) groups excluding carboxylic acids is 1. The van der Waals surface area contributed by atoms with Crippen molar-refractivity contribution < 1.29 is 9.53 Å². The van der Waals surface area contributed by atoms with Gasteiger partial charge in [-0.25, -0.2) is 4.98 Å². The molecule has 0 saturated heterocycles. The number of nitrogens with one attached hydrogen (secondary N) is 1. The van der Waals surface area contributed by atoms with Crippen LogP contribution >= 0.6 is 0 Å². The molecular formula is C27H21N3O2. The van der Waals surface area contributed by atoms with E-state index < -0.39 is 0 Å². The van der Waals surface area contributed by atoms with Crippen LogP contribution in [0.15, 0.2) is 109 Å². The monoisotopic (exact) mass is 419 g/mol. The van der Waals surface area contributed by atoms with Gasteiger partial charge in [-0.1, -0.05) is 72.8 Å². The molecule has 1 N–H and O–H groups in total. The summed E-state index contributed by atoms with van der Waals surface area (Å²) in [6, 6.07) is 31.6. The van der Waals surface area contributed by atoms with Gasteiger partial charge < -0.3 is 14.5 Å². The molecule has 0 unspecified atom stereocenters. The van der Waals surface area contributed by atoms with Crippen LogP contribution < -0.4 is 10.1 Å². The summed E-state index contributed by atoms with van der Waals surface area (Å²) in [5.41, 5.74) is 5.51. The second-order valence-electron chi connectivity index (χ2n) is 7.37. The van der Waals surface area contributed by atoms with E-state index in [0.29, 0.717) is 17.1 Å². The van der Waals surface area contributed by atoms with Crippen molar-refractivity contribution in [1.29, 1.82) is 0 Å². The maximum atomic E-state index is 12.4. The fraction of sp³-hybridized carbons (Fsp3) is 0.0370. The van der Waals surface area contributed by atoms with E-state index in [-0.39, 0.29) is 12.5 Å². The van der Waals surface area contributed by atoms with E-state index in [9.17, 15) is 4.79 Å². The Bertz CT molecular complexity index is 1340. The van der Waals surface area contributed by atoms with Gasteiger partial charge in [0.15, 0.2) is 12.3 Å². The van der Waals surface area contributed by atoms with E-state index >= 15 is 0 Å². The summed E-state index contributed by atoms with van der Waals surface area (Å²) in [5, 5.41) is 2.90. The highest BCUT2D eigenvalue weighted by Gasteiger charge is 2.11. The maximum absolute atomic E-state index is 12.4. The molecule has 2 aromatic heterocycles. The molecule has 0 aliphatic rings. The van der Waals surface area contributed by atoms with E-state index in [2.05, 4.69) is 41.7 Å². The van der Waals surface area contributed by atoms with Crippen molar-refractivity contribution in [2.45, 2.75) is 0 Å². The number of fused-ring (bicyclic) bond motifs is 1. The highest BCUT2D eigenvalue weighted by molar-refractivity contribution is 5.95. The second-order valence-corrected chi connectivity index (χ2v) is 7.37. The summed E-state index contributed by atoms with van der Waals surface area (Å²) in [5.74, 6) is 0.418. The van der Waals surface area contributed by atoms with Gasteiger partial charge in [0.05, 0.1) is 11.4 Å². The summed E-state index contributed by atoms with van der Waals surface area (Å²) in [7, 11) is 0. The quantitative estimate of drug-likeness (QED) is 0.385. The molecule has 2 heterocycles. The average Bonchev–Trinajstić information content (AvgIpc) is 3.30. The van der Waals surface area contributed by atoms with Crippen molar-refractivity contribution in [2.75, 3.05) is 11.9 Å². The minimum absolute atomic E-state index is 0.0699. The van der Waals surface area contributed by atoms with Crippen LogP contribution in [0, 0.1) is 0 Å². The predicted octanol–water partition coefficient (Wildman–Crippen LogP) is 5.69. The van der Waals surface area contributed by atoms with Crippen LogP contribution in [-0.2, 0) is 4.79 Å². The Morgan fingerprint density at radius 1 is 0.781 bits per heavy atom. The molecule has 1 amide bonds. The van der Waals surface area contributed by atoms with E-state index in [1.807, 2.05) is 77.5 Å². The van der Waals surface area contributed by atoms with E-state index in [4.69, 9.17) is 9.72 Å². The van der Waals surface area contributed by atoms with Crippen molar-refractivity contribution in [3.05, 3.63) is 109 Å². The van der Waals surface area contributed by atoms with Gasteiger partial charge >= 0.3 is 0 Å². The van der Waals surface area contributed by atoms with Gasteiger partial charge in [-0.15, -0.1) is 0 Å². The standard InChI is InChI=1S/C27H21N3O2/c31-26(19-32-23-10-5-2-6-11-23)28-24-12-7-17-30-18-25(29-27(24)30)22-15-13-21(14-16-22)20-8-3-1-4-9-20/h1-18H,19H2,(H,28,31). The van der Waals surface area contributed by atoms with Crippen LogP contribution in [0.25, 0.3) is 28.0 Å². The zero-order valence-electron chi connectivity index (χ0n) is 17.3. The number of para-hydroxylation sites is 1. The first-order chi connectivity index (χ1) is 15.8. The number of hydrogen-bond donors (Lipinski definition) is 1. The molecule has 0 aliphatic carbocycles. The summed E-state index contributed by atoms with van der Waals surface area (Å²) in [4.78, 5) is 17.2. The fourth-order valence-corrected chi connectivity index (χ4v) is 3.57. The first kappa shape index (κ1) is 19.6. The van der Waals surface area contributed by atoms with Crippen LogP contribution in [0.5, 0.6) is 5.75 Å². The molecule has 0 fully saturated rings. The Hall–Kier alpha value is -4.38. The fourth-order valence-electron chi connectivity index (χ4n) is 3.57. The lowest BCUT2D eigenvalue weighted by Gasteiger charge is -2.08. The van der Waals surface area contributed by atoms with E-state index in [1.165, 1.54) is 5.56 Å². The summed E-state index contributed by atoms with van der Waals surface area (Å²) < 4.78 is 7.45. The molecule has 0 aliphatic heterocycles. The highest BCUT2D eigenvalue weighted by Crippen LogP contribution is 2.26. The zero-order chi connectivity index (χ0) is 21.8. The SMILES string of the molecule is O=C(COc1ccccc1)Nc1cccn2cc(-c3ccc(-c4ccccc4)cc3)nc12. The van der Waals surface area contributed by atoms with Crippen molar-refractivity contribution in [1.82, 2.24) is 9.38 Å². The summed E-state index contributed by atoms with van der Waals surface area (Å²) in [6.07, 6.45) is 3.88. The number of anilines is 1. The Labute approximate surface area is 185 Å². The molecule has 5 nitrogen and oxygen atoms in total. The number of amides is 1. The van der Waals surface area contributed by atoms with Crippen LogP contribution in [0.3, 0.4) is 0 Å². The molecule has 0 atom stereocenters. The number of aromatic nitrogens is 2. The summed E-state index contributed by atoms with van der Waals surface area (Å²) >= 11 is 0. The molecule has 32 heavy (non-hydrogen) atoms. The van der Waals surface area contributed by atoms with Crippen molar-refractivity contribution in [2.24, 2.45) is 0 Å².